The van der Waals surface area contributed by atoms with Crippen LogP contribution >= 0.6 is 0 Å². The third-order valence-electron chi connectivity index (χ3n) is 5.15. The highest BCUT2D eigenvalue weighted by Crippen LogP contribution is 2.26. The molecule has 0 saturated carbocycles. The predicted octanol–water partition coefficient (Wildman–Crippen LogP) is 3.66. The summed E-state index contributed by atoms with van der Waals surface area (Å²) in [4.78, 5) is 27.3. The van der Waals surface area contributed by atoms with Gasteiger partial charge in [-0.15, -0.1) is 0 Å². The largest absolute Gasteiger partial charge is 0.434 e. The Morgan fingerprint density at radius 3 is 2.87 bits per heavy atom. The molecule has 156 valence electrons. The lowest BCUT2D eigenvalue weighted by Gasteiger charge is -2.32. The van der Waals surface area contributed by atoms with Gasteiger partial charge in [0.05, 0.1) is 28.9 Å². The minimum absolute atomic E-state index is 0.0566. The zero-order chi connectivity index (χ0) is 21.1. The molecule has 0 bridgehead atoms. The number of fused-ring (bicyclic) bond motifs is 1. The molecule has 2 N–H and O–H groups in total. The number of carbonyl (C=O) groups excluding carboxylic acids is 2. The summed E-state index contributed by atoms with van der Waals surface area (Å²) >= 11 is 0. The van der Waals surface area contributed by atoms with Crippen LogP contribution in [-0.4, -0.2) is 46.6 Å². The number of H-pyrrole nitrogens is 1. The monoisotopic (exact) mass is 414 g/mol. The second-order valence-corrected chi connectivity index (χ2v) is 7.09. The second kappa shape index (κ2) is 8.48. The van der Waals surface area contributed by atoms with Crippen molar-refractivity contribution in [2.24, 2.45) is 5.92 Å². The molecule has 1 atom stereocenters. The molecule has 9 heteroatoms. The summed E-state index contributed by atoms with van der Waals surface area (Å²) in [5, 5.41) is 10.6. The molecule has 7 nitrogen and oxygen atoms in total. The number of hydrogen-bond donors (Lipinski definition) is 2. The molecule has 1 unspecified atom stereocenters. The molecular weight excluding hydrogens is 394 g/mol. The van der Waals surface area contributed by atoms with Crippen molar-refractivity contribution < 1.29 is 23.1 Å². The van der Waals surface area contributed by atoms with E-state index in [2.05, 4.69) is 20.3 Å². The Kier molecular flexibility index (Phi) is 5.60. The number of aromatic nitrogens is 2. The van der Waals surface area contributed by atoms with Gasteiger partial charge in [-0.2, -0.15) is 13.9 Å². The molecule has 1 aliphatic rings. The number of benzene rings is 2. The summed E-state index contributed by atoms with van der Waals surface area (Å²) in [7, 11) is 0. The molecule has 1 fully saturated rings. The third kappa shape index (κ3) is 4.10. The molecule has 1 aliphatic heterocycles. The van der Waals surface area contributed by atoms with Crippen molar-refractivity contribution >= 4 is 28.4 Å². The lowest BCUT2D eigenvalue weighted by atomic mass is 9.96. The number of carbonyl (C=O) groups is 2. The number of ether oxygens (including phenoxy) is 1. The molecule has 30 heavy (non-hydrogen) atoms. The van der Waals surface area contributed by atoms with Gasteiger partial charge in [-0.1, -0.05) is 24.3 Å². The van der Waals surface area contributed by atoms with Crippen molar-refractivity contribution in [3.63, 3.8) is 0 Å². The van der Waals surface area contributed by atoms with Crippen LogP contribution in [0.25, 0.3) is 10.9 Å². The van der Waals surface area contributed by atoms with Crippen molar-refractivity contribution in [3.05, 3.63) is 54.2 Å². The van der Waals surface area contributed by atoms with Gasteiger partial charge in [0.2, 0.25) is 5.91 Å². The molecule has 2 amide bonds. The van der Waals surface area contributed by atoms with Crippen LogP contribution < -0.4 is 10.1 Å². The van der Waals surface area contributed by atoms with Crippen LogP contribution in [0.4, 0.5) is 14.5 Å². The van der Waals surface area contributed by atoms with E-state index >= 15 is 0 Å². The number of nitrogens with zero attached hydrogens (tertiary/aromatic N) is 2. The van der Waals surface area contributed by atoms with Gasteiger partial charge in [0.15, 0.2) is 0 Å². The van der Waals surface area contributed by atoms with E-state index in [1.165, 1.54) is 23.1 Å². The van der Waals surface area contributed by atoms with E-state index in [1.54, 1.807) is 18.3 Å². The highest BCUT2D eigenvalue weighted by molar-refractivity contribution is 6.02. The van der Waals surface area contributed by atoms with Gasteiger partial charge in [-0.25, -0.2) is 0 Å². The fraction of sp³-hybridized carbons (Fsp3) is 0.286. The van der Waals surface area contributed by atoms with Gasteiger partial charge < -0.3 is 15.0 Å². The third-order valence-corrected chi connectivity index (χ3v) is 5.15. The summed E-state index contributed by atoms with van der Waals surface area (Å²) in [5.74, 6) is -1.22. The standard InChI is InChI=1S/C21H20F2N4O3/c22-21(23)30-17-9-2-1-7-15(17)20(29)27-10-4-6-14(12-27)19(28)25-16-8-3-5-13-11-24-26-18(13)16/h1-3,5,7-9,11,14,21H,4,6,10,12H2,(H,24,26)(H,25,28). The zero-order valence-electron chi connectivity index (χ0n) is 16.0. The van der Waals surface area contributed by atoms with Crippen molar-refractivity contribution in [1.82, 2.24) is 15.1 Å². The normalized spacial score (nSPS) is 16.6. The molecule has 1 aromatic heterocycles. The van der Waals surface area contributed by atoms with Crippen LogP contribution in [0.15, 0.2) is 48.7 Å². The van der Waals surface area contributed by atoms with Crippen LogP contribution in [0.3, 0.4) is 0 Å². The summed E-state index contributed by atoms with van der Waals surface area (Å²) in [6.07, 6.45) is 2.94. The Bertz CT molecular complexity index is 1070. The first-order chi connectivity index (χ1) is 14.5. The average molecular weight is 414 g/mol. The molecular formula is C21H20F2N4O3. The lowest BCUT2D eigenvalue weighted by molar-refractivity contribution is -0.121. The maximum absolute atomic E-state index is 12.9. The zero-order valence-corrected chi connectivity index (χ0v) is 16.0. The Labute approximate surface area is 171 Å². The van der Waals surface area contributed by atoms with Crippen molar-refractivity contribution in [3.8, 4) is 5.75 Å². The van der Waals surface area contributed by atoms with Gasteiger partial charge in [-0.3, -0.25) is 14.7 Å². The van der Waals surface area contributed by atoms with E-state index in [0.29, 0.717) is 25.1 Å². The van der Waals surface area contributed by atoms with Crippen LogP contribution in [0.1, 0.15) is 23.2 Å². The maximum atomic E-state index is 12.9. The topological polar surface area (TPSA) is 87.3 Å². The molecule has 2 aromatic carbocycles. The first kappa shape index (κ1) is 19.8. The molecule has 3 aromatic rings. The smallest absolute Gasteiger partial charge is 0.387 e. The minimum atomic E-state index is -3.02. The fourth-order valence-electron chi connectivity index (χ4n) is 3.70. The predicted molar refractivity (Wildman–Crippen MR) is 106 cm³/mol. The number of para-hydroxylation sites is 2. The van der Waals surface area contributed by atoms with Crippen LogP contribution in [0.5, 0.6) is 5.75 Å². The Balaban J connectivity index is 1.47. The van der Waals surface area contributed by atoms with Crippen molar-refractivity contribution in [2.45, 2.75) is 19.5 Å². The number of nitrogens with one attached hydrogen (secondary N) is 2. The molecule has 4 rings (SSSR count). The summed E-state index contributed by atoms with van der Waals surface area (Å²) < 4.78 is 29.8. The Morgan fingerprint density at radius 2 is 2.03 bits per heavy atom. The number of hydrogen-bond acceptors (Lipinski definition) is 4. The van der Waals surface area contributed by atoms with Gasteiger partial charge in [0.25, 0.3) is 5.91 Å². The summed E-state index contributed by atoms with van der Waals surface area (Å²) in [5.41, 5.74) is 1.41. The molecule has 0 spiro atoms. The van der Waals surface area contributed by atoms with Crippen LogP contribution in [0, 0.1) is 5.92 Å². The number of aromatic amines is 1. The molecule has 0 aliphatic carbocycles. The first-order valence-electron chi connectivity index (χ1n) is 9.59. The van der Waals surface area contributed by atoms with Crippen LogP contribution in [-0.2, 0) is 4.79 Å². The highest BCUT2D eigenvalue weighted by atomic mass is 19.3. The minimum Gasteiger partial charge on any atom is -0.434 e. The number of amides is 2. The summed E-state index contributed by atoms with van der Waals surface area (Å²) in [6, 6.07) is 11.4. The SMILES string of the molecule is O=C(Nc1cccc2cn[nH]c12)C1CCCN(C(=O)c2ccccc2OC(F)F)C1. The number of likely N-dealkylation sites (tertiary alicyclic amines) is 1. The second-order valence-electron chi connectivity index (χ2n) is 7.09. The number of alkyl halides is 2. The van der Waals surface area contributed by atoms with Crippen LogP contribution in [0.2, 0.25) is 0 Å². The van der Waals surface area contributed by atoms with E-state index < -0.39 is 18.4 Å². The van der Waals surface area contributed by atoms with Gasteiger partial charge in [-0.05, 0) is 31.0 Å². The van der Waals surface area contributed by atoms with E-state index in [9.17, 15) is 18.4 Å². The quantitative estimate of drug-likeness (QED) is 0.667. The molecule has 0 radical (unpaired) electrons. The number of halogens is 2. The van der Waals surface area contributed by atoms with Crippen molar-refractivity contribution in [2.75, 3.05) is 18.4 Å². The Hall–Kier alpha value is -3.49. The van der Waals surface area contributed by atoms with Gasteiger partial charge in [0.1, 0.15) is 5.75 Å². The van der Waals surface area contributed by atoms with Gasteiger partial charge in [0, 0.05) is 18.5 Å². The molecule has 1 saturated heterocycles. The van der Waals surface area contributed by atoms with Crippen molar-refractivity contribution in [1.29, 1.82) is 0 Å². The molecule has 2 heterocycles. The number of rotatable bonds is 5. The van der Waals surface area contributed by atoms with Gasteiger partial charge >= 0.3 is 6.61 Å². The van der Waals surface area contributed by atoms with E-state index in [1.807, 2.05) is 12.1 Å². The van der Waals surface area contributed by atoms with E-state index in [0.717, 1.165) is 10.9 Å². The lowest BCUT2D eigenvalue weighted by Crippen LogP contribution is -2.43. The number of piperidine rings is 1. The summed E-state index contributed by atoms with van der Waals surface area (Å²) in [6.45, 7) is -2.38. The maximum Gasteiger partial charge on any atom is 0.387 e. The van der Waals surface area contributed by atoms with E-state index in [4.69, 9.17) is 0 Å². The number of anilines is 1. The first-order valence-corrected chi connectivity index (χ1v) is 9.59. The average Bonchev–Trinajstić information content (AvgIpc) is 3.23. The Morgan fingerprint density at radius 1 is 1.20 bits per heavy atom. The fourth-order valence-corrected chi connectivity index (χ4v) is 3.70. The van der Waals surface area contributed by atoms with E-state index in [-0.39, 0.29) is 23.8 Å². The highest BCUT2D eigenvalue weighted by Gasteiger charge is 2.30.